The fraction of sp³-hybridized carbons (Fsp3) is 0.500. The van der Waals surface area contributed by atoms with E-state index in [1.165, 1.54) is 0 Å². The van der Waals surface area contributed by atoms with Crippen LogP contribution in [0.25, 0.3) is 0 Å². The first kappa shape index (κ1) is 21.8. The van der Waals surface area contributed by atoms with E-state index < -0.39 is 16.2 Å². The highest BCUT2D eigenvalue weighted by Crippen LogP contribution is 2.47. The van der Waals surface area contributed by atoms with Crippen molar-refractivity contribution in [1.82, 2.24) is 0 Å². The summed E-state index contributed by atoms with van der Waals surface area (Å²) in [5.74, 6) is 1.23. The quantitative estimate of drug-likeness (QED) is 0.586. The van der Waals surface area contributed by atoms with Gasteiger partial charge in [0.1, 0.15) is 5.75 Å². The van der Waals surface area contributed by atoms with E-state index in [4.69, 9.17) is 8.92 Å². The molecule has 0 N–H and O–H groups in total. The van der Waals surface area contributed by atoms with Crippen LogP contribution in [0.3, 0.4) is 0 Å². The number of ether oxygens (including phenoxy) is 1. The van der Waals surface area contributed by atoms with E-state index in [0.29, 0.717) is 12.3 Å². The van der Waals surface area contributed by atoms with Crippen LogP contribution in [0, 0.1) is 18.3 Å². The zero-order valence-electron chi connectivity index (χ0n) is 18.0. The van der Waals surface area contributed by atoms with Crippen molar-refractivity contribution >= 4 is 10.1 Å². The van der Waals surface area contributed by atoms with Crippen molar-refractivity contribution in [1.29, 1.82) is 0 Å². The van der Waals surface area contributed by atoms with Gasteiger partial charge in [0.25, 0.3) is 10.1 Å². The SMILES string of the molecule is COc1ccccc1[C@H]1C[C@H](C(C)(C)C)CC[C@H]1OS(=O)(=O)c1ccc(C)cc1. The molecule has 2 aromatic rings. The lowest BCUT2D eigenvalue weighted by molar-refractivity contribution is 0.0704. The Morgan fingerprint density at radius 3 is 2.24 bits per heavy atom. The second-order valence-electron chi connectivity index (χ2n) is 9.13. The molecule has 0 saturated heterocycles. The van der Waals surface area contributed by atoms with E-state index in [1.807, 2.05) is 31.2 Å². The van der Waals surface area contributed by atoms with Gasteiger partial charge in [-0.3, -0.25) is 4.18 Å². The standard InChI is InChI=1S/C24H32O4S/c1-17-10-13-19(14-11-17)29(25,26)28-23-15-12-18(24(2,3)4)16-21(23)20-8-6-7-9-22(20)27-5/h6-11,13-14,18,21,23H,12,15-16H2,1-5H3/t18-,21-,23-/m1/s1. The summed E-state index contributed by atoms with van der Waals surface area (Å²) >= 11 is 0. The highest BCUT2D eigenvalue weighted by Gasteiger charge is 2.40. The Hall–Kier alpha value is -1.85. The van der Waals surface area contributed by atoms with Crippen molar-refractivity contribution in [2.45, 2.75) is 63.9 Å². The summed E-state index contributed by atoms with van der Waals surface area (Å²) in [4.78, 5) is 0.208. The Labute approximate surface area is 175 Å². The van der Waals surface area contributed by atoms with Gasteiger partial charge in [-0.2, -0.15) is 8.42 Å². The Morgan fingerprint density at radius 2 is 1.62 bits per heavy atom. The molecule has 29 heavy (non-hydrogen) atoms. The molecule has 0 unspecified atom stereocenters. The summed E-state index contributed by atoms with van der Waals surface area (Å²) in [6.07, 6.45) is 2.12. The molecule has 0 aromatic heterocycles. The van der Waals surface area contributed by atoms with E-state index in [-0.39, 0.29) is 16.2 Å². The zero-order valence-corrected chi connectivity index (χ0v) is 18.8. The van der Waals surface area contributed by atoms with Crippen molar-refractivity contribution < 1.29 is 17.3 Å². The molecule has 158 valence electrons. The second kappa shape index (κ2) is 8.49. The molecule has 1 fully saturated rings. The van der Waals surface area contributed by atoms with Gasteiger partial charge in [0, 0.05) is 5.92 Å². The number of hydrogen-bond acceptors (Lipinski definition) is 4. The molecule has 2 aromatic carbocycles. The molecule has 4 nitrogen and oxygen atoms in total. The minimum atomic E-state index is -3.83. The molecule has 0 spiro atoms. The molecule has 0 heterocycles. The smallest absolute Gasteiger partial charge is 0.297 e. The summed E-state index contributed by atoms with van der Waals surface area (Å²) in [5, 5.41) is 0. The van der Waals surface area contributed by atoms with Crippen LogP contribution in [0.1, 0.15) is 57.1 Å². The fourth-order valence-corrected chi connectivity index (χ4v) is 5.40. The lowest BCUT2D eigenvalue weighted by Gasteiger charge is -2.41. The Morgan fingerprint density at radius 1 is 0.966 bits per heavy atom. The lowest BCUT2D eigenvalue weighted by Crippen LogP contribution is -2.36. The highest BCUT2D eigenvalue weighted by molar-refractivity contribution is 7.86. The van der Waals surface area contributed by atoms with Crippen molar-refractivity contribution in [3.63, 3.8) is 0 Å². The molecular formula is C24H32O4S. The minimum absolute atomic E-state index is 0.0376. The van der Waals surface area contributed by atoms with Gasteiger partial charge in [-0.1, -0.05) is 56.7 Å². The normalized spacial score (nSPS) is 23.0. The van der Waals surface area contributed by atoms with Gasteiger partial charge in [-0.05, 0) is 61.3 Å². The molecule has 3 atom stereocenters. The molecule has 3 rings (SSSR count). The van der Waals surface area contributed by atoms with Gasteiger partial charge in [0.05, 0.1) is 18.1 Å². The molecule has 0 radical (unpaired) electrons. The van der Waals surface area contributed by atoms with Gasteiger partial charge in [-0.15, -0.1) is 0 Å². The number of rotatable bonds is 5. The second-order valence-corrected chi connectivity index (χ2v) is 10.7. The Kier molecular flexibility index (Phi) is 6.39. The van der Waals surface area contributed by atoms with E-state index in [1.54, 1.807) is 31.4 Å². The van der Waals surface area contributed by atoms with Gasteiger partial charge in [-0.25, -0.2) is 0 Å². The molecule has 5 heteroatoms. The molecule has 1 aliphatic rings. The average molecular weight is 417 g/mol. The first-order valence-corrected chi connectivity index (χ1v) is 11.7. The van der Waals surface area contributed by atoms with Crippen LogP contribution < -0.4 is 4.74 Å². The maximum atomic E-state index is 13.0. The van der Waals surface area contributed by atoms with E-state index in [2.05, 4.69) is 20.8 Å². The molecule has 1 aliphatic carbocycles. The third kappa shape index (κ3) is 5.01. The average Bonchev–Trinajstić information content (AvgIpc) is 2.67. The van der Waals surface area contributed by atoms with Gasteiger partial charge >= 0.3 is 0 Å². The van der Waals surface area contributed by atoms with E-state index in [0.717, 1.165) is 29.7 Å². The van der Waals surface area contributed by atoms with Crippen molar-refractivity contribution in [3.05, 3.63) is 59.7 Å². The van der Waals surface area contributed by atoms with Crippen LogP contribution in [-0.2, 0) is 14.3 Å². The molecule has 1 saturated carbocycles. The number of para-hydroxylation sites is 1. The van der Waals surface area contributed by atoms with Crippen LogP contribution in [0.5, 0.6) is 5.75 Å². The van der Waals surface area contributed by atoms with Crippen LogP contribution in [0.4, 0.5) is 0 Å². The summed E-state index contributed by atoms with van der Waals surface area (Å²) in [7, 11) is -2.18. The van der Waals surface area contributed by atoms with E-state index >= 15 is 0 Å². The Bertz CT molecular complexity index is 926. The van der Waals surface area contributed by atoms with Crippen molar-refractivity contribution in [3.8, 4) is 5.75 Å². The molecule has 0 amide bonds. The number of benzene rings is 2. The van der Waals surface area contributed by atoms with Crippen LogP contribution in [-0.4, -0.2) is 21.6 Å². The third-order valence-corrected chi connectivity index (χ3v) is 7.46. The number of methoxy groups -OCH3 is 1. The predicted molar refractivity (Wildman–Crippen MR) is 116 cm³/mol. The van der Waals surface area contributed by atoms with Crippen LogP contribution in [0.2, 0.25) is 0 Å². The summed E-state index contributed by atoms with van der Waals surface area (Å²) < 4.78 is 37.4. The summed E-state index contributed by atoms with van der Waals surface area (Å²) in [6, 6.07) is 14.7. The monoisotopic (exact) mass is 416 g/mol. The van der Waals surface area contributed by atoms with Gasteiger partial charge in [0.15, 0.2) is 0 Å². The lowest BCUT2D eigenvalue weighted by atomic mass is 9.66. The highest BCUT2D eigenvalue weighted by atomic mass is 32.2. The molecule has 0 bridgehead atoms. The third-order valence-electron chi connectivity index (χ3n) is 6.11. The maximum absolute atomic E-state index is 13.0. The zero-order chi connectivity index (χ0) is 21.2. The van der Waals surface area contributed by atoms with E-state index in [9.17, 15) is 8.42 Å². The first-order valence-electron chi connectivity index (χ1n) is 10.2. The molecular weight excluding hydrogens is 384 g/mol. The predicted octanol–water partition coefficient (Wildman–Crippen LogP) is 5.71. The van der Waals surface area contributed by atoms with Crippen LogP contribution >= 0.6 is 0 Å². The number of aryl methyl sites for hydroxylation is 1. The minimum Gasteiger partial charge on any atom is -0.496 e. The summed E-state index contributed by atoms with van der Waals surface area (Å²) in [6.45, 7) is 8.69. The van der Waals surface area contributed by atoms with Crippen LogP contribution in [0.15, 0.2) is 53.4 Å². The maximum Gasteiger partial charge on any atom is 0.297 e. The first-order chi connectivity index (χ1) is 13.6. The largest absolute Gasteiger partial charge is 0.496 e. The van der Waals surface area contributed by atoms with Gasteiger partial charge < -0.3 is 4.74 Å². The van der Waals surface area contributed by atoms with Gasteiger partial charge in [0.2, 0.25) is 0 Å². The number of hydrogen-bond donors (Lipinski definition) is 0. The summed E-state index contributed by atoms with van der Waals surface area (Å²) in [5.41, 5.74) is 2.19. The van der Waals surface area contributed by atoms with Crippen molar-refractivity contribution in [2.24, 2.45) is 11.3 Å². The van der Waals surface area contributed by atoms with Crippen molar-refractivity contribution in [2.75, 3.05) is 7.11 Å². The Balaban J connectivity index is 1.94. The molecule has 0 aliphatic heterocycles. The topological polar surface area (TPSA) is 52.6 Å². The fourth-order valence-electron chi connectivity index (χ4n) is 4.27.